The molecule has 1 unspecified atom stereocenters. The minimum atomic E-state index is -3.31. The molecule has 1 N–H and O–H groups in total. The molecule has 0 aliphatic carbocycles. The Bertz CT molecular complexity index is 1400. The molecule has 0 saturated carbocycles. The summed E-state index contributed by atoms with van der Waals surface area (Å²) in [6.45, 7) is 2.16. The second kappa shape index (κ2) is 8.28. The Morgan fingerprint density at radius 2 is 1.85 bits per heavy atom. The van der Waals surface area contributed by atoms with Crippen molar-refractivity contribution in [3.63, 3.8) is 0 Å². The van der Waals surface area contributed by atoms with Gasteiger partial charge in [0.25, 0.3) is 0 Å². The fourth-order valence-electron chi connectivity index (χ4n) is 4.43. The number of methoxy groups -OCH3 is 1. The topological polar surface area (TPSA) is 111 Å². The van der Waals surface area contributed by atoms with Crippen molar-refractivity contribution in [3.8, 4) is 11.4 Å². The number of carbonyl (C=O) groups excluding carboxylic acids is 2. The predicted molar refractivity (Wildman–Crippen MR) is 127 cm³/mol. The summed E-state index contributed by atoms with van der Waals surface area (Å²) in [7, 11) is -1.78. The van der Waals surface area contributed by atoms with Gasteiger partial charge in [-0.1, -0.05) is 29.8 Å². The molecule has 2 amide bonds. The van der Waals surface area contributed by atoms with E-state index in [2.05, 4.69) is 10.4 Å². The zero-order chi connectivity index (χ0) is 24.0. The number of benzene rings is 2. The molecule has 5 rings (SSSR count). The first-order chi connectivity index (χ1) is 16.3. The minimum absolute atomic E-state index is 0.0447. The lowest BCUT2D eigenvalue weighted by molar-refractivity contribution is -0.122. The van der Waals surface area contributed by atoms with Gasteiger partial charge in [0.1, 0.15) is 11.6 Å². The second-order valence-corrected chi connectivity index (χ2v) is 10.7. The summed E-state index contributed by atoms with van der Waals surface area (Å²) in [5, 5.41) is 7.39. The van der Waals surface area contributed by atoms with Crippen LogP contribution in [0.25, 0.3) is 5.69 Å². The van der Waals surface area contributed by atoms with Crippen molar-refractivity contribution in [2.45, 2.75) is 24.9 Å². The molecule has 0 radical (unpaired) electrons. The Labute approximate surface area is 197 Å². The van der Waals surface area contributed by atoms with Gasteiger partial charge in [0.05, 0.1) is 41.6 Å². The molecule has 0 bridgehead atoms. The van der Waals surface area contributed by atoms with Crippen molar-refractivity contribution in [2.24, 2.45) is 5.92 Å². The molecule has 1 fully saturated rings. The van der Waals surface area contributed by atoms with Gasteiger partial charge >= 0.3 is 0 Å². The van der Waals surface area contributed by atoms with Gasteiger partial charge in [0.15, 0.2) is 9.84 Å². The van der Waals surface area contributed by atoms with E-state index in [0.29, 0.717) is 34.2 Å². The van der Waals surface area contributed by atoms with Crippen LogP contribution in [0.2, 0.25) is 0 Å². The molecule has 9 nitrogen and oxygen atoms in total. The van der Waals surface area contributed by atoms with Crippen LogP contribution in [0.4, 0.5) is 11.5 Å². The fraction of sp³-hybridized carbons (Fsp3) is 0.292. The zero-order valence-electron chi connectivity index (χ0n) is 18.8. The van der Waals surface area contributed by atoms with Gasteiger partial charge < -0.3 is 15.0 Å². The number of carbonyl (C=O) groups is 2. The van der Waals surface area contributed by atoms with Crippen molar-refractivity contribution >= 4 is 33.2 Å². The van der Waals surface area contributed by atoms with E-state index in [4.69, 9.17) is 4.74 Å². The van der Waals surface area contributed by atoms with Crippen LogP contribution in [0.5, 0.6) is 5.75 Å². The predicted octanol–water partition coefficient (Wildman–Crippen LogP) is 2.61. The normalized spacial score (nSPS) is 18.7. The van der Waals surface area contributed by atoms with Crippen LogP contribution in [0.1, 0.15) is 23.2 Å². The molecule has 2 aliphatic heterocycles. The maximum atomic E-state index is 13.3. The van der Waals surface area contributed by atoms with E-state index in [1.807, 2.05) is 43.3 Å². The van der Waals surface area contributed by atoms with Crippen LogP contribution >= 0.6 is 0 Å². The standard InChI is InChI=1S/C24H24N4O5S/c1-15-7-9-17(10-8-15)28-23(18-13-34(31,32)14-19(18)26-28)25-24(30)16-11-22(29)27(12-16)20-5-3-4-6-21(20)33-2/h3-10,16H,11-14H2,1-2H3,(H,25,30). The van der Waals surface area contributed by atoms with E-state index in [0.717, 1.165) is 5.56 Å². The number of anilines is 2. The molecule has 2 aromatic carbocycles. The lowest BCUT2D eigenvalue weighted by Gasteiger charge is -2.19. The third-order valence-corrected chi connectivity index (χ3v) is 7.62. The van der Waals surface area contributed by atoms with Gasteiger partial charge in [-0.15, -0.1) is 0 Å². The van der Waals surface area contributed by atoms with Crippen molar-refractivity contribution < 1.29 is 22.7 Å². The van der Waals surface area contributed by atoms with E-state index >= 15 is 0 Å². The molecule has 10 heteroatoms. The molecule has 3 aromatic rings. The van der Waals surface area contributed by atoms with Crippen LogP contribution in [0.3, 0.4) is 0 Å². The molecule has 1 atom stereocenters. The molecule has 176 valence electrons. The Kier molecular flexibility index (Phi) is 5.40. The molecule has 2 aliphatic rings. The molecule has 3 heterocycles. The highest BCUT2D eigenvalue weighted by Gasteiger charge is 2.38. The lowest BCUT2D eigenvalue weighted by Crippen LogP contribution is -2.29. The Morgan fingerprint density at radius 3 is 2.59 bits per heavy atom. The second-order valence-electron chi connectivity index (χ2n) is 8.62. The van der Waals surface area contributed by atoms with Gasteiger partial charge in [-0.2, -0.15) is 5.10 Å². The van der Waals surface area contributed by atoms with E-state index < -0.39 is 15.8 Å². The monoisotopic (exact) mass is 480 g/mol. The van der Waals surface area contributed by atoms with E-state index in [1.54, 1.807) is 21.7 Å². The first kappa shape index (κ1) is 22.1. The average Bonchev–Trinajstić information content (AvgIpc) is 3.44. The van der Waals surface area contributed by atoms with Crippen molar-refractivity contribution in [1.82, 2.24) is 9.78 Å². The van der Waals surface area contributed by atoms with Crippen LogP contribution in [-0.2, 0) is 30.9 Å². The van der Waals surface area contributed by atoms with Gasteiger partial charge in [-0.05, 0) is 31.2 Å². The molecule has 1 aromatic heterocycles. The quantitative estimate of drug-likeness (QED) is 0.601. The number of aromatic nitrogens is 2. The van der Waals surface area contributed by atoms with E-state index in [1.165, 1.54) is 7.11 Å². The lowest BCUT2D eigenvalue weighted by atomic mass is 10.1. The van der Waals surface area contributed by atoms with Crippen molar-refractivity contribution in [1.29, 1.82) is 0 Å². The van der Waals surface area contributed by atoms with E-state index in [9.17, 15) is 18.0 Å². The number of rotatable bonds is 5. The highest BCUT2D eigenvalue weighted by Crippen LogP contribution is 2.35. The third-order valence-electron chi connectivity index (χ3n) is 6.18. The summed E-state index contributed by atoms with van der Waals surface area (Å²) in [6.07, 6.45) is 0.0447. The third kappa shape index (κ3) is 3.94. The summed E-state index contributed by atoms with van der Waals surface area (Å²) in [5.41, 5.74) is 3.33. The molecular formula is C24H24N4O5S. The highest BCUT2D eigenvalue weighted by atomic mass is 32.2. The molecular weight excluding hydrogens is 456 g/mol. The summed E-state index contributed by atoms with van der Waals surface area (Å²) >= 11 is 0. The first-order valence-electron chi connectivity index (χ1n) is 10.9. The van der Waals surface area contributed by atoms with Crippen molar-refractivity contribution in [3.05, 3.63) is 65.4 Å². The number of nitrogens with zero attached hydrogens (tertiary/aromatic N) is 3. The number of hydrogen-bond donors (Lipinski definition) is 1. The van der Waals surface area contributed by atoms with Crippen LogP contribution in [0.15, 0.2) is 48.5 Å². The minimum Gasteiger partial charge on any atom is -0.495 e. The summed E-state index contributed by atoms with van der Waals surface area (Å²) in [6, 6.07) is 14.7. The first-order valence-corrected chi connectivity index (χ1v) is 12.7. The maximum absolute atomic E-state index is 13.3. The number of hydrogen-bond acceptors (Lipinski definition) is 6. The number of nitrogens with one attached hydrogen (secondary N) is 1. The summed E-state index contributed by atoms with van der Waals surface area (Å²) < 4.78 is 31.4. The van der Waals surface area contributed by atoms with E-state index in [-0.39, 0.29) is 36.3 Å². The van der Waals surface area contributed by atoms with Gasteiger partial charge in [-0.25, -0.2) is 13.1 Å². The number of amides is 2. The van der Waals surface area contributed by atoms with Crippen LogP contribution in [0, 0.1) is 12.8 Å². The summed E-state index contributed by atoms with van der Waals surface area (Å²) in [4.78, 5) is 27.6. The molecule has 34 heavy (non-hydrogen) atoms. The maximum Gasteiger partial charge on any atom is 0.230 e. The highest BCUT2D eigenvalue weighted by molar-refractivity contribution is 7.90. The average molecular weight is 481 g/mol. The number of para-hydroxylation sites is 2. The molecule has 0 spiro atoms. The van der Waals surface area contributed by atoms with Crippen LogP contribution in [-0.4, -0.2) is 43.7 Å². The summed E-state index contributed by atoms with van der Waals surface area (Å²) in [5.74, 6) is -0.581. The molecule has 1 saturated heterocycles. The largest absolute Gasteiger partial charge is 0.495 e. The van der Waals surface area contributed by atoms with Crippen molar-refractivity contribution in [2.75, 3.05) is 23.9 Å². The SMILES string of the molecule is COc1ccccc1N1CC(C(=O)Nc2c3c(nn2-c2ccc(C)cc2)CS(=O)(=O)C3)CC1=O. The number of fused-ring (bicyclic) bond motifs is 1. The van der Waals surface area contributed by atoms with Gasteiger partial charge in [0.2, 0.25) is 11.8 Å². The van der Waals surface area contributed by atoms with Crippen LogP contribution < -0.4 is 15.0 Å². The van der Waals surface area contributed by atoms with Gasteiger partial charge in [-0.3, -0.25) is 9.59 Å². The fourth-order valence-corrected chi connectivity index (χ4v) is 5.93. The zero-order valence-corrected chi connectivity index (χ0v) is 19.6. The number of ether oxygens (including phenoxy) is 1. The Morgan fingerprint density at radius 1 is 1.12 bits per heavy atom. The van der Waals surface area contributed by atoms with Gasteiger partial charge in [0, 0.05) is 18.5 Å². The number of aryl methyl sites for hydroxylation is 1. The Balaban J connectivity index is 1.44. The smallest absolute Gasteiger partial charge is 0.230 e. The number of sulfone groups is 1. The Hall–Kier alpha value is -3.66.